The van der Waals surface area contributed by atoms with Crippen LogP contribution in [0.15, 0.2) is 18.2 Å². The summed E-state index contributed by atoms with van der Waals surface area (Å²) in [4.78, 5) is 1.74. The van der Waals surface area contributed by atoms with Crippen molar-refractivity contribution in [2.45, 2.75) is 18.4 Å². The van der Waals surface area contributed by atoms with Crippen molar-refractivity contribution in [3.05, 3.63) is 34.9 Å². The van der Waals surface area contributed by atoms with E-state index in [1.807, 2.05) is 0 Å². The van der Waals surface area contributed by atoms with Crippen LogP contribution in [0.25, 0.3) is 0 Å². The van der Waals surface area contributed by atoms with Crippen molar-refractivity contribution in [3.8, 4) is 0 Å². The average Bonchev–Trinajstić information content (AvgIpc) is 2.36. The van der Waals surface area contributed by atoms with Gasteiger partial charge in [0, 0.05) is 25.7 Å². The monoisotopic (exact) mass is 312 g/mol. The van der Waals surface area contributed by atoms with E-state index in [0.717, 1.165) is 12.1 Å². The molecular weight excluding hydrogens is 298 g/mol. The maximum atomic E-state index is 12.8. The maximum Gasteiger partial charge on any atom is 0.416 e. The minimum atomic E-state index is -4.81. The highest BCUT2D eigenvalue weighted by molar-refractivity contribution is 5.35. The quantitative estimate of drug-likeness (QED) is 0.801. The second-order valence-corrected chi connectivity index (χ2v) is 5.04. The molecule has 8 heteroatoms. The van der Waals surface area contributed by atoms with Gasteiger partial charge in [-0.15, -0.1) is 0 Å². The van der Waals surface area contributed by atoms with Crippen LogP contribution in [0, 0.1) is 0 Å². The van der Waals surface area contributed by atoms with Crippen molar-refractivity contribution in [1.29, 1.82) is 0 Å². The molecular formula is C13H14F6N2. The zero-order chi connectivity index (χ0) is 15.8. The molecule has 21 heavy (non-hydrogen) atoms. The first-order valence-corrected chi connectivity index (χ1v) is 6.29. The number of rotatable bonds is 1. The molecule has 0 bridgehead atoms. The van der Waals surface area contributed by atoms with Crippen LogP contribution in [0.2, 0.25) is 0 Å². The van der Waals surface area contributed by atoms with Gasteiger partial charge in [0.2, 0.25) is 0 Å². The Bertz CT molecular complexity index is 476. The molecule has 2 rings (SSSR count). The fourth-order valence-electron chi connectivity index (χ4n) is 2.35. The van der Waals surface area contributed by atoms with E-state index in [9.17, 15) is 26.3 Å². The van der Waals surface area contributed by atoms with Crippen LogP contribution in [0.3, 0.4) is 0 Å². The van der Waals surface area contributed by atoms with E-state index in [4.69, 9.17) is 0 Å². The molecule has 1 aliphatic rings. The lowest BCUT2D eigenvalue weighted by Crippen LogP contribution is -2.43. The van der Waals surface area contributed by atoms with Gasteiger partial charge in [0.15, 0.2) is 0 Å². The van der Waals surface area contributed by atoms with Gasteiger partial charge >= 0.3 is 12.4 Å². The summed E-state index contributed by atoms with van der Waals surface area (Å²) < 4.78 is 76.8. The van der Waals surface area contributed by atoms with Crippen molar-refractivity contribution in [1.82, 2.24) is 10.2 Å². The first-order chi connectivity index (χ1) is 9.59. The number of nitrogens with zero attached hydrogens (tertiary/aromatic N) is 1. The third-order valence-corrected chi connectivity index (χ3v) is 3.51. The zero-order valence-electron chi connectivity index (χ0n) is 11.1. The first kappa shape index (κ1) is 16.1. The lowest BCUT2D eigenvalue weighted by Gasteiger charge is -2.34. The highest BCUT2D eigenvalue weighted by atomic mass is 19.4. The Labute approximate surface area is 117 Å². The number of likely N-dealkylation sites (N-methyl/N-ethyl adjacent to an activating group) is 1. The molecule has 1 saturated heterocycles. The third kappa shape index (κ3) is 3.68. The second kappa shape index (κ2) is 5.49. The fraction of sp³-hybridized carbons (Fsp3) is 0.538. The lowest BCUT2D eigenvalue weighted by atomic mass is 9.97. The van der Waals surface area contributed by atoms with Crippen molar-refractivity contribution in [3.63, 3.8) is 0 Å². The average molecular weight is 312 g/mol. The maximum absolute atomic E-state index is 12.8. The molecule has 0 aliphatic carbocycles. The molecule has 1 fully saturated rings. The van der Waals surface area contributed by atoms with Gasteiger partial charge in [-0.1, -0.05) is 0 Å². The normalized spacial score (nSPS) is 21.6. The largest absolute Gasteiger partial charge is 0.416 e. The van der Waals surface area contributed by atoms with E-state index < -0.39 is 29.5 Å². The minimum absolute atomic E-state index is 0.0202. The van der Waals surface area contributed by atoms with Gasteiger partial charge in [0.1, 0.15) is 0 Å². The smallest absolute Gasteiger partial charge is 0.314 e. The molecule has 0 aromatic heterocycles. The Morgan fingerprint density at radius 2 is 1.52 bits per heavy atom. The molecule has 0 saturated carbocycles. The molecule has 0 amide bonds. The van der Waals surface area contributed by atoms with Crippen LogP contribution in [0.4, 0.5) is 26.3 Å². The summed E-state index contributed by atoms with van der Waals surface area (Å²) in [6, 6.07) is 1.23. The number of hydrogen-bond donors (Lipinski definition) is 1. The number of alkyl halides is 6. The SMILES string of the molecule is CN1CCNCC1c1cc(C(F)(F)F)cc(C(F)(F)F)c1. The van der Waals surface area contributed by atoms with Crippen molar-refractivity contribution in [2.24, 2.45) is 0 Å². The Hall–Kier alpha value is -1.28. The van der Waals surface area contributed by atoms with Crippen molar-refractivity contribution >= 4 is 0 Å². The Morgan fingerprint density at radius 1 is 1.00 bits per heavy atom. The van der Waals surface area contributed by atoms with Gasteiger partial charge in [-0.2, -0.15) is 26.3 Å². The summed E-state index contributed by atoms with van der Waals surface area (Å²) in [6.07, 6.45) is -9.62. The number of hydrogen-bond acceptors (Lipinski definition) is 2. The number of nitrogens with one attached hydrogen (secondary N) is 1. The predicted octanol–water partition coefficient (Wildman–Crippen LogP) is 3.30. The summed E-state index contributed by atoms with van der Waals surface area (Å²) in [5.74, 6) is 0. The van der Waals surface area contributed by atoms with Gasteiger partial charge in [0.25, 0.3) is 0 Å². The summed E-state index contributed by atoms with van der Waals surface area (Å²) in [6.45, 7) is 1.52. The van der Waals surface area contributed by atoms with E-state index >= 15 is 0 Å². The minimum Gasteiger partial charge on any atom is -0.314 e. The molecule has 1 aliphatic heterocycles. The summed E-state index contributed by atoms with van der Waals surface area (Å²) >= 11 is 0. The molecule has 1 atom stereocenters. The molecule has 0 radical (unpaired) electrons. The molecule has 118 valence electrons. The molecule has 1 unspecified atom stereocenters. The van der Waals surface area contributed by atoms with Crippen LogP contribution < -0.4 is 5.32 Å². The summed E-state index contributed by atoms with van der Waals surface area (Å²) in [5, 5.41) is 2.98. The zero-order valence-corrected chi connectivity index (χ0v) is 11.1. The van der Waals surface area contributed by atoms with Crippen LogP contribution in [-0.2, 0) is 12.4 Å². The van der Waals surface area contributed by atoms with Crippen molar-refractivity contribution < 1.29 is 26.3 Å². The summed E-state index contributed by atoms with van der Waals surface area (Å²) in [5.41, 5.74) is -2.52. The van der Waals surface area contributed by atoms with E-state index in [1.165, 1.54) is 0 Å². The summed E-state index contributed by atoms with van der Waals surface area (Å²) in [7, 11) is 1.68. The lowest BCUT2D eigenvalue weighted by molar-refractivity contribution is -0.143. The Morgan fingerprint density at radius 3 is 1.95 bits per heavy atom. The van der Waals surface area contributed by atoms with E-state index in [0.29, 0.717) is 19.6 Å². The number of halogens is 6. The standard InChI is InChI=1S/C13H14F6N2/c1-21-3-2-20-7-11(21)8-4-9(12(14,15)16)6-10(5-8)13(17,18)19/h4-6,11,20H,2-3,7H2,1H3. The van der Waals surface area contributed by atoms with Gasteiger partial charge in [-0.3, -0.25) is 4.90 Å². The number of benzene rings is 1. The molecule has 1 aromatic carbocycles. The van der Waals surface area contributed by atoms with Gasteiger partial charge in [-0.25, -0.2) is 0 Å². The van der Waals surface area contributed by atoms with Crippen LogP contribution in [0.1, 0.15) is 22.7 Å². The third-order valence-electron chi connectivity index (χ3n) is 3.51. The van der Waals surface area contributed by atoms with Gasteiger partial charge < -0.3 is 5.32 Å². The number of piperazine rings is 1. The predicted molar refractivity (Wildman–Crippen MR) is 64.7 cm³/mol. The Balaban J connectivity index is 2.49. The van der Waals surface area contributed by atoms with Crippen LogP contribution >= 0.6 is 0 Å². The van der Waals surface area contributed by atoms with Gasteiger partial charge in [-0.05, 0) is 30.8 Å². The fourth-order valence-corrected chi connectivity index (χ4v) is 2.35. The Kier molecular flexibility index (Phi) is 4.21. The molecule has 1 heterocycles. The highest BCUT2D eigenvalue weighted by Gasteiger charge is 2.38. The first-order valence-electron chi connectivity index (χ1n) is 6.29. The van der Waals surface area contributed by atoms with Gasteiger partial charge in [0.05, 0.1) is 11.1 Å². The molecule has 2 nitrogen and oxygen atoms in total. The van der Waals surface area contributed by atoms with Crippen LogP contribution in [-0.4, -0.2) is 31.6 Å². The molecule has 0 spiro atoms. The highest BCUT2D eigenvalue weighted by Crippen LogP contribution is 2.38. The van der Waals surface area contributed by atoms with Crippen LogP contribution in [0.5, 0.6) is 0 Å². The van der Waals surface area contributed by atoms with E-state index in [1.54, 1.807) is 11.9 Å². The topological polar surface area (TPSA) is 15.3 Å². The van der Waals surface area contributed by atoms with Crippen molar-refractivity contribution in [2.75, 3.05) is 26.7 Å². The molecule has 1 N–H and O–H groups in total. The molecule has 1 aromatic rings. The van der Waals surface area contributed by atoms with E-state index in [2.05, 4.69) is 5.32 Å². The second-order valence-electron chi connectivity index (χ2n) is 5.04. The van der Waals surface area contributed by atoms with E-state index in [-0.39, 0.29) is 11.6 Å².